The average molecular weight is 1700 g/mol. The summed E-state index contributed by atoms with van der Waals surface area (Å²) >= 11 is 0. The van der Waals surface area contributed by atoms with Gasteiger partial charge < -0.3 is 111 Å². The Labute approximate surface area is 707 Å². The largest absolute Gasteiger partial charge is 0.458 e. The van der Waals surface area contributed by atoms with Gasteiger partial charge >= 0.3 is 35.8 Å². The number of fused-ring (bicyclic) bond motifs is 2. The molecule has 0 aliphatic carbocycles. The van der Waals surface area contributed by atoms with E-state index >= 15 is 0 Å². The van der Waals surface area contributed by atoms with Crippen molar-refractivity contribution in [1.29, 1.82) is 0 Å². The quantitative estimate of drug-likeness (QED) is 0.0399. The highest BCUT2D eigenvalue weighted by Crippen LogP contribution is 2.50. The number of hydrogen-bond donors (Lipinski definition) is 4. The highest BCUT2D eigenvalue weighted by Gasteiger charge is 2.62. The first-order valence-corrected chi connectivity index (χ1v) is 43.5. The van der Waals surface area contributed by atoms with Crippen molar-refractivity contribution < 1.29 is 134 Å². The Bertz CT molecular complexity index is 3390. The molecule has 0 bridgehead atoms. The van der Waals surface area contributed by atoms with Gasteiger partial charge in [0.15, 0.2) is 37.4 Å². The molecule has 2 unspecified atom stereocenters. The molecule has 8 aliphatic heterocycles. The second kappa shape index (κ2) is 42.5. The number of likely N-dealkylation sites (N-methyl/N-ethyl adjacent to an activating group) is 2. The summed E-state index contributed by atoms with van der Waals surface area (Å²) in [7, 11) is 9.67. The molecule has 0 aromatic carbocycles. The smallest absolute Gasteiger partial charge is 0.330 e. The summed E-state index contributed by atoms with van der Waals surface area (Å²) in [5, 5.41) is 29.4. The van der Waals surface area contributed by atoms with Crippen molar-refractivity contribution in [2.45, 2.75) is 379 Å². The highest BCUT2D eigenvalue weighted by atomic mass is 16.7. The maximum absolute atomic E-state index is 14.7. The zero-order valence-corrected chi connectivity index (χ0v) is 76.5. The maximum Gasteiger partial charge on any atom is 0.330 e. The van der Waals surface area contributed by atoms with Crippen molar-refractivity contribution in [3.05, 3.63) is 12.7 Å². The average Bonchev–Trinajstić information content (AvgIpc) is 1.68. The predicted octanol–water partition coefficient (Wildman–Crippen LogP) is 8.63. The number of nitrogens with zero attached hydrogens (tertiary/aromatic N) is 1. The minimum Gasteiger partial charge on any atom is -0.458 e. The Kier molecular flexibility index (Phi) is 36.2. The van der Waals surface area contributed by atoms with E-state index in [4.69, 9.17) is 85.3 Å². The van der Waals surface area contributed by atoms with Crippen LogP contribution in [-0.4, -0.2) is 281 Å². The van der Waals surface area contributed by atoms with Gasteiger partial charge in [0.25, 0.3) is 0 Å². The molecule has 31 nitrogen and oxygen atoms in total. The van der Waals surface area contributed by atoms with E-state index in [1.165, 1.54) is 14.2 Å². The summed E-state index contributed by atoms with van der Waals surface area (Å²) in [4.78, 5) is 112. The van der Waals surface area contributed by atoms with Gasteiger partial charge in [-0.05, 0) is 149 Å². The molecule has 0 amide bonds. The maximum atomic E-state index is 14.7. The van der Waals surface area contributed by atoms with Crippen LogP contribution in [0.2, 0.25) is 0 Å². The van der Waals surface area contributed by atoms with Crippen molar-refractivity contribution in [3.63, 3.8) is 0 Å². The molecule has 684 valence electrons. The lowest BCUT2D eigenvalue weighted by Crippen LogP contribution is -2.61. The van der Waals surface area contributed by atoms with Gasteiger partial charge in [-0.1, -0.05) is 75.8 Å². The van der Waals surface area contributed by atoms with Crippen LogP contribution in [0.25, 0.3) is 0 Å². The van der Waals surface area contributed by atoms with Crippen LogP contribution in [-0.2, 0) is 124 Å². The Morgan fingerprint density at radius 2 is 0.857 bits per heavy atom. The SMILES string of the molecule is C=CC(=O)OC1[C@H](C)O[C@@H](O[C@H]2[C@H](C)[C@@H](O[C@@H]3O[C@H](C)C[C@H](NC)[C@H]3O)[C@](C)(OC)C[C@@H](C)C(=O)[C@H](C)[C@H]3CC(=O)O[C@]3(C)[C@@H](CC)OC(=O)[C@@H]2C)C[C@@]1(C)OC.CC[C@H]1OC(=O)[C@H](C)[C@@H](O[C@H]2C[C@@](C)(OC)C(OC(=O)CCN(CC)CC)[C@H](C)O2)[C@H](C)[C@@H](O[C@@H]2O[C@H](C)C[C@H](NC)[C@H]2O)[C@](C)(OC)C[C@@H](C)C(=O)[C@H](C)[C@H]2CC(=O)O[C@@]21C. The molecule has 31 heteroatoms. The van der Waals surface area contributed by atoms with Gasteiger partial charge in [-0.25, -0.2) is 4.79 Å². The number of Topliss-reactive ketones (excluding diaryl/α,β-unsaturated/α-hetero) is 2. The minimum absolute atomic E-state index is 0.000788. The first-order valence-electron chi connectivity index (χ1n) is 43.5. The van der Waals surface area contributed by atoms with Crippen molar-refractivity contribution in [2.75, 3.05) is 62.2 Å². The van der Waals surface area contributed by atoms with Crippen LogP contribution >= 0.6 is 0 Å². The molecule has 8 saturated heterocycles. The highest BCUT2D eigenvalue weighted by molar-refractivity contribution is 5.86. The van der Waals surface area contributed by atoms with Crippen molar-refractivity contribution in [1.82, 2.24) is 15.5 Å². The van der Waals surface area contributed by atoms with Crippen LogP contribution < -0.4 is 10.6 Å². The fraction of sp³-hybridized carbons (Fsp3) is 0.886. The van der Waals surface area contributed by atoms with Crippen molar-refractivity contribution in [3.8, 4) is 0 Å². The molecule has 4 N–H and O–H groups in total. The van der Waals surface area contributed by atoms with E-state index in [0.29, 0.717) is 32.2 Å². The summed E-state index contributed by atoms with van der Waals surface area (Å²) in [5.74, 6) is -10.3. The molecule has 0 radical (unpaired) electrons. The molecular formula is C88H149N3O28. The number of methoxy groups -OCH3 is 4. The van der Waals surface area contributed by atoms with Gasteiger partial charge in [-0.15, -0.1) is 0 Å². The van der Waals surface area contributed by atoms with Gasteiger partial charge in [-0.2, -0.15) is 0 Å². The summed E-state index contributed by atoms with van der Waals surface area (Å²) in [5.41, 5.74) is -7.12. The van der Waals surface area contributed by atoms with Crippen LogP contribution in [0, 0.1) is 59.2 Å². The number of ether oxygens (including phenoxy) is 18. The first-order chi connectivity index (χ1) is 55.7. The molecule has 0 saturated carbocycles. The number of aliphatic hydroxyl groups is 2. The normalized spacial score (nSPS) is 44.9. The molecule has 119 heavy (non-hydrogen) atoms. The lowest BCUT2D eigenvalue weighted by atomic mass is 9.70. The van der Waals surface area contributed by atoms with E-state index in [1.54, 1.807) is 90.6 Å². The van der Waals surface area contributed by atoms with Crippen molar-refractivity contribution >= 4 is 47.4 Å². The van der Waals surface area contributed by atoms with Gasteiger partial charge in [0, 0.05) is 113 Å². The Hall–Kier alpha value is -4.78. The summed E-state index contributed by atoms with van der Waals surface area (Å²) in [6, 6.07) is -0.680. The van der Waals surface area contributed by atoms with Gasteiger partial charge in [0.1, 0.15) is 58.4 Å². The molecule has 36 atom stereocenters. The van der Waals surface area contributed by atoms with E-state index in [1.807, 2.05) is 90.0 Å². The van der Waals surface area contributed by atoms with Crippen LogP contribution in [0.15, 0.2) is 12.7 Å². The molecule has 8 aliphatic rings. The van der Waals surface area contributed by atoms with Crippen LogP contribution in [0.5, 0.6) is 0 Å². The molecule has 0 aromatic rings. The van der Waals surface area contributed by atoms with Crippen LogP contribution in [0.4, 0.5) is 0 Å². The zero-order valence-electron chi connectivity index (χ0n) is 76.5. The standard InChI is InChI=1S/C46H80N2O14.C42H69NO14/c1-16-33-46(12)31(22-35(50)62-46)27(6)37(51)25(4)23-44(10,54-14)40(61-43-38(52)32(47-13)21-26(5)56-43)28(7)39(29(8)42(53)58-33)60-36-24-45(11,55-15)41(30(9)57-36)59-34(49)19-20-48(17-2)18-3;1-15-29-42(11)27(18-31(45)57-42)23(5)33(46)21(3)19-40(9,49-13)36(56-39-34(47)28(43-12)17-22(4)51-39)24(6)35(25(7)38(48)53-29)55-32-20-41(10,50-14)37(26(8)52-32)54-30(44)16-2/h25-33,36,38-41,43,47,52H,16-24H2,1-15H3;16,21-29,32,34-37,39,43,47H,2,15,17-20H2,1,3-14H3/t25-,26-,27-,28+,29-,30+,31-,32+,33-,36+,38-,39+,40-,41?,43+,44-,45-,46+;21-,22-,23-,24+,25-,26+,27-,28+,29-,32+,34-,35+,36-,37?,39+,40-,41-,42+/m11/s1. The zero-order chi connectivity index (χ0) is 89.3. The van der Waals surface area contributed by atoms with E-state index in [2.05, 4.69) is 22.1 Å². The Balaban J connectivity index is 0.000000329. The van der Waals surface area contributed by atoms with Gasteiger partial charge in [0.05, 0.1) is 91.1 Å². The minimum atomic E-state index is -1.27. The summed E-state index contributed by atoms with van der Waals surface area (Å²) in [6.07, 6.45) is -12.0. The van der Waals surface area contributed by atoms with Crippen LogP contribution in [0.3, 0.4) is 0 Å². The topological polar surface area (TPSA) is 370 Å². The third-order valence-corrected chi connectivity index (χ3v) is 28.1. The van der Waals surface area contributed by atoms with E-state index < -0.39 is 221 Å². The van der Waals surface area contributed by atoms with Gasteiger partial charge in [-0.3, -0.25) is 33.6 Å². The molecule has 8 heterocycles. The Morgan fingerprint density at radius 3 is 1.18 bits per heavy atom. The lowest BCUT2D eigenvalue weighted by Gasteiger charge is -2.50. The Morgan fingerprint density at radius 1 is 0.504 bits per heavy atom. The van der Waals surface area contributed by atoms with Crippen LogP contribution in [0.1, 0.15) is 223 Å². The number of esters is 6. The van der Waals surface area contributed by atoms with Gasteiger partial charge in [0.2, 0.25) is 0 Å². The predicted molar refractivity (Wildman–Crippen MR) is 435 cm³/mol. The monoisotopic (exact) mass is 1700 g/mol. The number of ketones is 2. The fourth-order valence-electron chi connectivity index (χ4n) is 20.5. The number of rotatable bonds is 24. The summed E-state index contributed by atoms with van der Waals surface area (Å²) in [6.45, 7) is 46.0. The first kappa shape index (κ1) is 101. The molecule has 0 spiro atoms. The van der Waals surface area contributed by atoms with E-state index in [-0.39, 0.29) is 86.8 Å². The second-order valence-electron chi connectivity index (χ2n) is 36.4. The summed E-state index contributed by atoms with van der Waals surface area (Å²) < 4.78 is 114. The third-order valence-electron chi connectivity index (χ3n) is 28.1. The molecule has 0 aromatic heterocycles. The second-order valence-corrected chi connectivity index (χ2v) is 36.4. The van der Waals surface area contributed by atoms with E-state index in [0.717, 1.165) is 19.2 Å². The van der Waals surface area contributed by atoms with Crippen molar-refractivity contribution in [2.24, 2.45) is 59.2 Å². The third kappa shape index (κ3) is 22.7. The number of aliphatic hydroxyl groups excluding tert-OH is 2. The molecule has 8 fully saturated rings. The number of hydrogen-bond acceptors (Lipinski definition) is 31. The fourth-order valence-corrected chi connectivity index (χ4v) is 20.5. The number of cyclic esters (lactones) is 2. The number of carbonyl (C=O) groups is 8. The molecular weight excluding hydrogens is 1550 g/mol. The number of carbonyl (C=O) groups excluding carboxylic acids is 8. The lowest BCUT2D eigenvalue weighted by molar-refractivity contribution is -0.318. The number of nitrogens with one attached hydrogen (secondary N) is 2. The molecule has 8 rings (SSSR count). The van der Waals surface area contributed by atoms with E-state index in [9.17, 15) is 48.6 Å².